The molecule has 0 aromatic carbocycles. The Morgan fingerprint density at radius 1 is 1.34 bits per heavy atom. The number of carbonyl (C=O) groups excluding carboxylic acids is 3. The standard InChI is InChI=1S/C24H38N2O5S/c1-5-8-12-25(11-6-2)22(29)20-24-16(4)15-17(32-24)18(23(30)31-7-3)19(24)21(28)26(20)13-9-10-14-27/h6,16-20,27H,2,5,7-15H2,1,3-4H3/t16?,17-,18+,19-,20?,24?/m0/s1. The quantitative estimate of drug-likeness (QED) is 0.270. The molecule has 2 amide bonds. The van der Waals surface area contributed by atoms with Crippen LogP contribution in [0.1, 0.15) is 52.9 Å². The van der Waals surface area contributed by atoms with E-state index in [9.17, 15) is 19.5 Å². The minimum atomic E-state index is -0.610. The molecule has 0 radical (unpaired) electrons. The third-order valence-electron chi connectivity index (χ3n) is 7.29. The molecular formula is C24H38N2O5S. The zero-order valence-electron chi connectivity index (χ0n) is 19.6. The Hall–Kier alpha value is -1.54. The van der Waals surface area contributed by atoms with Gasteiger partial charge in [-0.25, -0.2) is 0 Å². The van der Waals surface area contributed by atoms with E-state index in [2.05, 4.69) is 20.4 Å². The van der Waals surface area contributed by atoms with E-state index in [4.69, 9.17) is 4.74 Å². The topological polar surface area (TPSA) is 87.2 Å². The lowest BCUT2D eigenvalue weighted by Gasteiger charge is -2.40. The summed E-state index contributed by atoms with van der Waals surface area (Å²) in [5.74, 6) is -1.33. The van der Waals surface area contributed by atoms with E-state index in [1.54, 1.807) is 29.7 Å². The van der Waals surface area contributed by atoms with E-state index in [0.29, 0.717) is 32.5 Å². The van der Waals surface area contributed by atoms with Crippen LogP contribution in [0.15, 0.2) is 12.7 Å². The van der Waals surface area contributed by atoms with Crippen molar-refractivity contribution in [3.63, 3.8) is 0 Å². The van der Waals surface area contributed by atoms with Crippen molar-refractivity contribution in [3.05, 3.63) is 12.7 Å². The predicted molar refractivity (Wildman–Crippen MR) is 125 cm³/mol. The number of likely N-dealkylation sites (tertiary alicyclic amines) is 1. The van der Waals surface area contributed by atoms with Crippen molar-refractivity contribution in [2.75, 3.05) is 32.8 Å². The van der Waals surface area contributed by atoms with Gasteiger partial charge in [0, 0.05) is 31.5 Å². The number of fused-ring (bicyclic) bond motifs is 1. The van der Waals surface area contributed by atoms with Gasteiger partial charge in [0.05, 0.1) is 23.2 Å². The van der Waals surface area contributed by atoms with Crippen molar-refractivity contribution in [2.45, 2.75) is 68.9 Å². The molecule has 3 aliphatic rings. The first-order chi connectivity index (χ1) is 15.4. The fraction of sp³-hybridized carbons (Fsp3) is 0.792. The van der Waals surface area contributed by atoms with Crippen LogP contribution in [-0.4, -0.2) is 81.6 Å². The lowest BCUT2D eigenvalue weighted by atomic mass is 9.66. The van der Waals surface area contributed by atoms with Crippen molar-refractivity contribution in [1.82, 2.24) is 9.80 Å². The second kappa shape index (κ2) is 10.6. The predicted octanol–water partition coefficient (Wildman–Crippen LogP) is 2.47. The average molecular weight is 467 g/mol. The van der Waals surface area contributed by atoms with Gasteiger partial charge in [-0.3, -0.25) is 14.4 Å². The highest BCUT2D eigenvalue weighted by Crippen LogP contribution is 2.68. The van der Waals surface area contributed by atoms with Crippen molar-refractivity contribution >= 4 is 29.5 Å². The number of aliphatic hydroxyl groups excluding tert-OH is 1. The second-order valence-electron chi connectivity index (χ2n) is 9.19. The molecule has 1 N–H and O–H groups in total. The molecule has 3 saturated heterocycles. The molecule has 7 nitrogen and oxygen atoms in total. The van der Waals surface area contributed by atoms with Crippen LogP contribution in [0.4, 0.5) is 0 Å². The number of amides is 2. The molecule has 6 atom stereocenters. The summed E-state index contributed by atoms with van der Waals surface area (Å²) in [6.07, 6.45) is 5.59. The highest BCUT2D eigenvalue weighted by atomic mass is 32.2. The number of rotatable bonds is 12. The van der Waals surface area contributed by atoms with Gasteiger partial charge in [-0.1, -0.05) is 26.3 Å². The third kappa shape index (κ3) is 4.09. The maximum atomic E-state index is 14.0. The smallest absolute Gasteiger partial charge is 0.310 e. The zero-order chi connectivity index (χ0) is 23.5. The molecule has 2 bridgehead atoms. The summed E-state index contributed by atoms with van der Waals surface area (Å²) in [6.45, 7) is 11.6. The fourth-order valence-electron chi connectivity index (χ4n) is 5.91. The van der Waals surface area contributed by atoms with E-state index >= 15 is 0 Å². The summed E-state index contributed by atoms with van der Waals surface area (Å²) in [4.78, 5) is 44.2. The monoisotopic (exact) mass is 466 g/mol. The van der Waals surface area contributed by atoms with Crippen molar-refractivity contribution in [3.8, 4) is 0 Å². The zero-order valence-corrected chi connectivity index (χ0v) is 20.4. The molecule has 3 aliphatic heterocycles. The summed E-state index contributed by atoms with van der Waals surface area (Å²) < 4.78 is 4.76. The van der Waals surface area contributed by atoms with Crippen LogP contribution in [0.2, 0.25) is 0 Å². The minimum absolute atomic E-state index is 0.0105. The molecule has 0 aromatic heterocycles. The fourth-order valence-corrected chi connectivity index (χ4v) is 8.31. The van der Waals surface area contributed by atoms with Crippen LogP contribution in [0.3, 0.4) is 0 Å². The lowest BCUT2D eigenvalue weighted by molar-refractivity contribution is -0.154. The molecule has 3 heterocycles. The molecule has 3 unspecified atom stereocenters. The van der Waals surface area contributed by atoms with Gasteiger partial charge in [0.2, 0.25) is 11.8 Å². The van der Waals surface area contributed by atoms with E-state index in [1.807, 2.05) is 4.90 Å². The van der Waals surface area contributed by atoms with Gasteiger partial charge in [-0.2, -0.15) is 0 Å². The Labute approximate surface area is 195 Å². The number of carbonyl (C=O) groups is 3. The molecule has 0 aromatic rings. The summed E-state index contributed by atoms with van der Waals surface area (Å²) >= 11 is 1.68. The Morgan fingerprint density at radius 3 is 2.72 bits per heavy atom. The van der Waals surface area contributed by atoms with Crippen LogP contribution in [0.5, 0.6) is 0 Å². The first-order valence-electron chi connectivity index (χ1n) is 12.0. The van der Waals surface area contributed by atoms with Crippen LogP contribution in [0.25, 0.3) is 0 Å². The highest BCUT2D eigenvalue weighted by molar-refractivity contribution is 8.02. The number of nitrogens with zero attached hydrogens (tertiary/aromatic N) is 2. The van der Waals surface area contributed by atoms with Gasteiger partial charge in [0.15, 0.2) is 0 Å². The molecule has 3 fully saturated rings. The van der Waals surface area contributed by atoms with Crippen LogP contribution in [-0.2, 0) is 19.1 Å². The summed E-state index contributed by atoms with van der Waals surface area (Å²) in [6, 6.07) is -0.597. The molecule has 0 saturated carbocycles. The molecule has 3 rings (SSSR count). The maximum Gasteiger partial charge on any atom is 0.310 e. The van der Waals surface area contributed by atoms with Gasteiger partial charge < -0.3 is 19.6 Å². The number of aliphatic hydroxyl groups is 1. The van der Waals surface area contributed by atoms with Crippen molar-refractivity contribution < 1.29 is 24.2 Å². The molecular weight excluding hydrogens is 428 g/mol. The molecule has 32 heavy (non-hydrogen) atoms. The van der Waals surface area contributed by atoms with E-state index in [0.717, 1.165) is 19.3 Å². The molecule has 0 aliphatic carbocycles. The van der Waals surface area contributed by atoms with E-state index < -0.39 is 22.6 Å². The third-order valence-corrected chi connectivity index (χ3v) is 9.36. The van der Waals surface area contributed by atoms with E-state index in [-0.39, 0.29) is 42.2 Å². The summed E-state index contributed by atoms with van der Waals surface area (Å²) in [5, 5.41) is 9.27. The average Bonchev–Trinajstić information content (AvgIpc) is 3.35. The number of hydrogen-bond donors (Lipinski definition) is 1. The van der Waals surface area contributed by atoms with Crippen molar-refractivity contribution in [2.24, 2.45) is 17.8 Å². The SMILES string of the molecule is C=CCN(CCCC)C(=O)C1N(CCCCO)C(=O)[C@@H]2[C@H](C(=O)OCC)[C@@H]3CC(C)C12S3. The molecule has 180 valence electrons. The number of ether oxygens (including phenoxy) is 1. The Morgan fingerprint density at radius 2 is 2.09 bits per heavy atom. The van der Waals surface area contributed by atoms with Gasteiger partial charge in [0.1, 0.15) is 6.04 Å². The minimum Gasteiger partial charge on any atom is -0.466 e. The van der Waals surface area contributed by atoms with Crippen LogP contribution < -0.4 is 0 Å². The Bertz CT molecular complexity index is 731. The number of unbranched alkanes of at least 4 members (excludes halogenated alkanes) is 2. The molecule has 8 heteroatoms. The number of thioether (sulfide) groups is 1. The Balaban J connectivity index is 2.01. The second-order valence-corrected chi connectivity index (χ2v) is 10.7. The lowest BCUT2D eigenvalue weighted by Crippen LogP contribution is -2.57. The summed E-state index contributed by atoms with van der Waals surface area (Å²) in [5.41, 5.74) is 0. The largest absolute Gasteiger partial charge is 0.466 e. The van der Waals surface area contributed by atoms with Crippen LogP contribution in [0, 0.1) is 17.8 Å². The van der Waals surface area contributed by atoms with Gasteiger partial charge in [-0.05, 0) is 38.5 Å². The van der Waals surface area contributed by atoms with Crippen molar-refractivity contribution in [1.29, 1.82) is 0 Å². The number of esters is 1. The van der Waals surface area contributed by atoms with Gasteiger partial charge in [0.25, 0.3) is 0 Å². The molecule has 1 spiro atoms. The highest BCUT2D eigenvalue weighted by Gasteiger charge is 2.76. The summed E-state index contributed by atoms with van der Waals surface area (Å²) in [7, 11) is 0. The number of hydrogen-bond acceptors (Lipinski definition) is 6. The first-order valence-corrected chi connectivity index (χ1v) is 12.9. The Kier molecular flexibility index (Phi) is 8.31. The maximum absolute atomic E-state index is 14.0. The first kappa shape index (κ1) is 25.1. The van der Waals surface area contributed by atoms with E-state index in [1.165, 1.54) is 0 Å². The normalized spacial score (nSPS) is 32.8. The van der Waals surface area contributed by atoms with Gasteiger partial charge in [-0.15, -0.1) is 18.3 Å². The van der Waals surface area contributed by atoms with Crippen LogP contribution >= 0.6 is 11.8 Å². The van der Waals surface area contributed by atoms with Gasteiger partial charge >= 0.3 is 5.97 Å².